The maximum atomic E-state index is 13.7. The number of hydrogen-bond donors (Lipinski definition) is 7. The second-order valence-electron chi connectivity index (χ2n) is 32.0. The van der Waals surface area contributed by atoms with E-state index in [4.69, 9.17) is 63.7 Å². The molecule has 9 atom stereocenters. The van der Waals surface area contributed by atoms with Crippen LogP contribution >= 0.6 is 58.0 Å². The third kappa shape index (κ3) is 27.6. The monoisotopic (exact) mass is 1580 g/mol. The molecule has 108 heavy (non-hydrogen) atoms. The lowest BCUT2D eigenvalue weighted by molar-refractivity contribution is -0.134. The molecule has 18 nitrogen and oxygen atoms in total. The highest BCUT2D eigenvalue weighted by Gasteiger charge is 2.38. The van der Waals surface area contributed by atoms with Gasteiger partial charge in [-0.2, -0.15) is 0 Å². The molecule has 5 fully saturated rings. The van der Waals surface area contributed by atoms with Crippen molar-refractivity contribution < 1.29 is 28.8 Å². The SMILES string of the molecule is CC[C@@H](CN1CC[C@@H](CNC(=O)c2ccc(Cl)c(Cl)c2)N[C@@H](CCN2CCCCC2)C1=O)C(C)C.CC[C@H](CN1CC[C@@H](CNC(=O)c2ccc(Cl)c(Cl)c2)N[C@@H](CCN2CCCCC2)C1=O)C(C)C.CC[C@H](CN1CC[C@@H](CNC(=O)c2ccc3cc(Cl)ccc3c2)N[C@@H](CC(C)(C)N)C1=O)c1ccccc1. The molecule has 0 unspecified atom stereocenters. The topological polar surface area (TPSA) is 217 Å². The van der Waals surface area contributed by atoms with Gasteiger partial charge in [-0.1, -0.05) is 175 Å². The highest BCUT2D eigenvalue weighted by Crippen LogP contribution is 2.29. The van der Waals surface area contributed by atoms with Gasteiger partial charge >= 0.3 is 0 Å². The highest BCUT2D eigenvalue weighted by atomic mass is 35.5. The van der Waals surface area contributed by atoms with Gasteiger partial charge in [0, 0.05) is 123 Å². The molecule has 5 saturated heterocycles. The normalized spacial score (nSPS) is 21.6. The fourth-order valence-corrected chi connectivity index (χ4v) is 16.4. The van der Waals surface area contributed by atoms with Crippen molar-refractivity contribution in [3.8, 4) is 0 Å². The van der Waals surface area contributed by atoms with Crippen LogP contribution in [0.3, 0.4) is 0 Å². The highest BCUT2D eigenvalue weighted by molar-refractivity contribution is 6.42. The number of fused-ring (bicyclic) bond motifs is 1. The fraction of sp³-hybridized carbons (Fsp3) is 0.600. The summed E-state index contributed by atoms with van der Waals surface area (Å²) in [4.78, 5) is 90.4. The summed E-state index contributed by atoms with van der Waals surface area (Å²) in [6.45, 7) is 31.5. The summed E-state index contributed by atoms with van der Waals surface area (Å²) >= 11 is 30.2. The van der Waals surface area contributed by atoms with Crippen molar-refractivity contribution in [1.82, 2.24) is 56.4 Å². The molecule has 5 aliphatic heterocycles. The number of rotatable bonds is 29. The number of halogens is 5. The Labute approximate surface area is 669 Å². The van der Waals surface area contributed by atoms with Crippen LogP contribution in [0.15, 0.2) is 103 Å². The lowest BCUT2D eigenvalue weighted by Gasteiger charge is -2.31. The largest absolute Gasteiger partial charge is 0.350 e. The standard InChI is InChI=1S/C31H39ClN4O2.2C27H42Cl2N4O2/c1-4-21(22-8-6-5-7-9-22)20-36-15-14-27(35-28(30(36)38)18-31(2,3)33)19-34-29(37)25-11-10-24-17-26(32)13-12-23(24)16-25;2*1-4-20(19(2)3)18-33-15-10-22(17-30-26(34)21-8-9-23(28)24(29)16-21)31-25(27(33)35)11-14-32-12-6-5-7-13-32/h5-13,16-17,21,27-28,35H,4,14-15,18-20,33H2,1-3H3,(H,34,37);2*8-9,16,19-20,22,25,31H,4-7,10-15,17-18H2,1-3H3,(H,30,34)/t21-,27+,28+;20-,22+,25+;20-,22-,25-/m110/s1. The van der Waals surface area contributed by atoms with E-state index in [0.29, 0.717) is 118 Å². The zero-order chi connectivity index (χ0) is 78.0. The van der Waals surface area contributed by atoms with Gasteiger partial charge in [0.25, 0.3) is 17.7 Å². The van der Waals surface area contributed by atoms with Gasteiger partial charge in [0.05, 0.1) is 38.2 Å². The maximum Gasteiger partial charge on any atom is 0.251 e. The van der Waals surface area contributed by atoms with Crippen LogP contribution in [-0.4, -0.2) is 200 Å². The van der Waals surface area contributed by atoms with E-state index in [1.54, 1.807) is 36.4 Å². The van der Waals surface area contributed by atoms with Crippen LogP contribution in [0.1, 0.15) is 201 Å². The molecule has 5 aromatic carbocycles. The molecule has 0 bridgehead atoms. The van der Waals surface area contributed by atoms with Crippen LogP contribution in [0.4, 0.5) is 0 Å². The van der Waals surface area contributed by atoms with Gasteiger partial charge in [0.15, 0.2) is 0 Å². The lowest BCUT2D eigenvalue weighted by atomic mass is 9.92. The number of amides is 6. The van der Waals surface area contributed by atoms with E-state index >= 15 is 0 Å². The summed E-state index contributed by atoms with van der Waals surface area (Å²) < 4.78 is 0. The zero-order valence-corrected chi connectivity index (χ0v) is 69.3. The van der Waals surface area contributed by atoms with E-state index in [0.717, 1.165) is 114 Å². The third-order valence-corrected chi connectivity index (χ3v) is 24.2. The predicted octanol–water partition coefficient (Wildman–Crippen LogP) is 14.8. The lowest BCUT2D eigenvalue weighted by Crippen LogP contribution is -2.53. The van der Waals surface area contributed by atoms with Gasteiger partial charge in [-0.3, -0.25) is 28.8 Å². The first kappa shape index (κ1) is 88.0. The minimum atomic E-state index is -0.505. The van der Waals surface area contributed by atoms with Crippen LogP contribution in [-0.2, 0) is 14.4 Å². The summed E-state index contributed by atoms with van der Waals surface area (Å²) in [5.74, 6) is 2.32. The molecule has 0 aromatic heterocycles. The van der Waals surface area contributed by atoms with Gasteiger partial charge in [-0.25, -0.2) is 0 Å². The van der Waals surface area contributed by atoms with Gasteiger partial charge in [0.1, 0.15) is 0 Å². The number of nitrogens with two attached hydrogens (primary N) is 1. The Balaban J connectivity index is 0.000000204. The molecule has 0 aliphatic carbocycles. The van der Waals surface area contributed by atoms with E-state index in [-0.39, 0.29) is 71.6 Å². The molecule has 0 saturated carbocycles. The van der Waals surface area contributed by atoms with Crippen molar-refractivity contribution in [2.24, 2.45) is 29.4 Å². The van der Waals surface area contributed by atoms with Crippen LogP contribution in [0.5, 0.6) is 0 Å². The van der Waals surface area contributed by atoms with Gasteiger partial charge in [-0.15, -0.1) is 0 Å². The average Bonchev–Trinajstić information content (AvgIpc) is 1.16. The van der Waals surface area contributed by atoms with E-state index in [9.17, 15) is 28.8 Å². The summed E-state index contributed by atoms with van der Waals surface area (Å²) in [7, 11) is 0. The molecule has 5 aliphatic rings. The molecule has 594 valence electrons. The first-order valence-corrected chi connectivity index (χ1v) is 41.9. The number of hydrogen-bond acceptors (Lipinski definition) is 12. The molecular formula is C85H123Cl5N12O6. The molecule has 6 amide bonds. The second kappa shape index (κ2) is 44.0. The number of carbonyl (C=O) groups excluding carboxylic acids is 6. The van der Waals surface area contributed by atoms with E-state index in [1.807, 2.05) is 73.3 Å². The van der Waals surface area contributed by atoms with Crippen LogP contribution in [0.2, 0.25) is 25.1 Å². The van der Waals surface area contributed by atoms with E-state index in [1.165, 1.54) is 44.1 Å². The first-order valence-electron chi connectivity index (χ1n) is 40.1. The van der Waals surface area contributed by atoms with Crippen molar-refractivity contribution in [2.45, 2.75) is 206 Å². The maximum absolute atomic E-state index is 13.7. The van der Waals surface area contributed by atoms with Crippen molar-refractivity contribution in [2.75, 3.05) is 98.2 Å². The smallest absolute Gasteiger partial charge is 0.251 e. The van der Waals surface area contributed by atoms with Gasteiger partial charge < -0.3 is 62.1 Å². The minimum Gasteiger partial charge on any atom is -0.350 e. The quantitative estimate of drug-likeness (QED) is 0.0238. The summed E-state index contributed by atoms with van der Waals surface area (Å²) in [5, 5.41) is 24.1. The third-order valence-electron chi connectivity index (χ3n) is 22.5. The van der Waals surface area contributed by atoms with Gasteiger partial charge in [0.2, 0.25) is 17.7 Å². The number of carbonyl (C=O) groups is 6. The number of nitrogens with zero attached hydrogens (tertiary/aromatic N) is 5. The van der Waals surface area contributed by atoms with E-state index < -0.39 is 11.6 Å². The molecule has 0 radical (unpaired) electrons. The van der Waals surface area contributed by atoms with E-state index in [2.05, 4.69) is 112 Å². The molecule has 5 aromatic rings. The summed E-state index contributed by atoms with van der Waals surface area (Å²) in [5.41, 5.74) is 8.66. The Morgan fingerprint density at radius 1 is 0.472 bits per heavy atom. The Kier molecular flexibility index (Phi) is 35.8. The number of likely N-dealkylation sites (tertiary alicyclic amines) is 2. The molecule has 23 heteroatoms. The number of piperidine rings is 2. The molecule has 5 heterocycles. The van der Waals surface area contributed by atoms with Crippen molar-refractivity contribution in [3.05, 3.63) is 150 Å². The number of benzene rings is 5. The van der Waals surface area contributed by atoms with Crippen LogP contribution < -0.4 is 37.6 Å². The Hall–Kier alpha value is -5.61. The molecule has 0 spiro atoms. The van der Waals surface area contributed by atoms with Crippen LogP contribution in [0.25, 0.3) is 10.8 Å². The fourth-order valence-electron chi connectivity index (χ4n) is 15.6. The molecule has 8 N–H and O–H groups in total. The Morgan fingerprint density at radius 3 is 1.27 bits per heavy atom. The summed E-state index contributed by atoms with van der Waals surface area (Å²) in [6, 6.07) is 30.6. The Bertz CT molecular complexity index is 3550. The molecule has 10 rings (SSSR count). The Morgan fingerprint density at radius 2 is 0.861 bits per heavy atom. The second-order valence-corrected chi connectivity index (χ2v) is 34.0. The van der Waals surface area contributed by atoms with Crippen LogP contribution in [0, 0.1) is 23.7 Å². The zero-order valence-electron chi connectivity index (χ0n) is 65.5. The van der Waals surface area contributed by atoms with Crippen molar-refractivity contribution in [3.63, 3.8) is 0 Å². The summed E-state index contributed by atoms with van der Waals surface area (Å²) in [6.07, 6.45) is 15.1. The van der Waals surface area contributed by atoms with Crippen molar-refractivity contribution >= 4 is 104 Å². The minimum absolute atomic E-state index is 0.0288. The number of nitrogens with one attached hydrogen (secondary N) is 6. The van der Waals surface area contributed by atoms with Gasteiger partial charge in [-0.05, 0) is 211 Å². The average molecular weight is 1590 g/mol. The molecular weight excluding hydrogens is 1460 g/mol. The van der Waals surface area contributed by atoms with Crippen molar-refractivity contribution in [1.29, 1.82) is 0 Å². The predicted molar refractivity (Wildman–Crippen MR) is 444 cm³/mol. The first-order chi connectivity index (χ1) is 51.7.